The Bertz CT molecular complexity index is 588. The zero-order valence-electron chi connectivity index (χ0n) is 10.4. The molecule has 2 aromatic rings. The summed E-state index contributed by atoms with van der Waals surface area (Å²) in [6.45, 7) is 2.39. The van der Waals surface area contributed by atoms with Gasteiger partial charge in [-0.2, -0.15) is 0 Å². The highest BCUT2D eigenvalue weighted by Crippen LogP contribution is 2.21. The second kappa shape index (κ2) is 5.67. The van der Waals surface area contributed by atoms with Crippen LogP contribution in [0.15, 0.2) is 36.8 Å². The van der Waals surface area contributed by atoms with Gasteiger partial charge in [-0.15, -0.1) is 0 Å². The van der Waals surface area contributed by atoms with Crippen molar-refractivity contribution in [3.63, 3.8) is 0 Å². The molecule has 0 atom stereocenters. The van der Waals surface area contributed by atoms with Gasteiger partial charge in [-0.25, -0.2) is 4.98 Å². The minimum atomic E-state index is -0.237. The van der Waals surface area contributed by atoms with Crippen LogP contribution in [0.25, 0.3) is 0 Å². The molecule has 1 amide bonds. The molecule has 0 saturated carbocycles. The van der Waals surface area contributed by atoms with Crippen LogP contribution in [0.5, 0.6) is 0 Å². The molecule has 0 unspecified atom stereocenters. The molecule has 19 heavy (non-hydrogen) atoms. The number of nitrogens with zero attached hydrogens (tertiary/aromatic N) is 3. The highest BCUT2D eigenvalue weighted by atomic mass is 35.5. The molecule has 0 aliphatic rings. The third-order valence-corrected chi connectivity index (χ3v) is 2.93. The van der Waals surface area contributed by atoms with E-state index in [1.165, 1.54) is 12.3 Å². The van der Waals surface area contributed by atoms with Crippen molar-refractivity contribution >= 4 is 28.9 Å². The van der Waals surface area contributed by atoms with Crippen molar-refractivity contribution in [3.8, 4) is 0 Å². The monoisotopic (exact) mass is 276 g/mol. The van der Waals surface area contributed by atoms with E-state index in [2.05, 4.69) is 9.97 Å². The Morgan fingerprint density at radius 3 is 2.74 bits per heavy atom. The number of carbonyl (C=O) groups is 1. The summed E-state index contributed by atoms with van der Waals surface area (Å²) in [5.74, 6) is -0.237. The summed E-state index contributed by atoms with van der Waals surface area (Å²) in [7, 11) is 0. The quantitative estimate of drug-likeness (QED) is 0.874. The van der Waals surface area contributed by atoms with Gasteiger partial charge in [0.05, 0.1) is 17.4 Å². The topological polar surface area (TPSA) is 72.1 Å². The molecule has 0 saturated heterocycles. The summed E-state index contributed by atoms with van der Waals surface area (Å²) in [6, 6.07) is 5.05. The fourth-order valence-corrected chi connectivity index (χ4v) is 1.91. The number of nitrogen functional groups attached to an aromatic ring is 1. The smallest absolute Gasteiger partial charge is 0.261 e. The minimum absolute atomic E-state index is 0.145. The standard InChI is InChI=1S/C13H13ClN4O/c1-2-18(10-3-5-16-6-4-10)13(19)11-7-9(15)8-17-12(11)14/h3-8H,2,15H2,1H3. The largest absolute Gasteiger partial charge is 0.397 e. The van der Waals surface area contributed by atoms with Gasteiger partial charge in [0, 0.05) is 24.6 Å². The maximum atomic E-state index is 12.5. The number of rotatable bonds is 3. The van der Waals surface area contributed by atoms with Gasteiger partial charge in [0.1, 0.15) is 5.15 Å². The van der Waals surface area contributed by atoms with E-state index >= 15 is 0 Å². The average Bonchev–Trinajstić information content (AvgIpc) is 2.43. The third-order valence-electron chi connectivity index (χ3n) is 2.63. The van der Waals surface area contributed by atoms with Crippen molar-refractivity contribution in [3.05, 3.63) is 47.5 Å². The Labute approximate surface area is 116 Å². The molecule has 0 fully saturated rings. The number of carbonyl (C=O) groups excluding carboxylic acids is 1. The van der Waals surface area contributed by atoms with E-state index in [9.17, 15) is 4.79 Å². The molecule has 98 valence electrons. The first kappa shape index (κ1) is 13.3. The molecule has 0 radical (unpaired) electrons. The molecular weight excluding hydrogens is 264 g/mol. The molecule has 2 N–H and O–H groups in total. The second-order valence-electron chi connectivity index (χ2n) is 3.86. The summed E-state index contributed by atoms with van der Waals surface area (Å²) in [6.07, 6.45) is 4.68. The fourth-order valence-electron chi connectivity index (χ4n) is 1.73. The highest BCUT2D eigenvalue weighted by molar-refractivity contribution is 6.33. The molecule has 5 nitrogen and oxygen atoms in total. The Morgan fingerprint density at radius 1 is 1.42 bits per heavy atom. The van der Waals surface area contributed by atoms with E-state index in [1.54, 1.807) is 29.4 Å². The number of pyridine rings is 2. The van der Waals surface area contributed by atoms with Gasteiger partial charge in [-0.05, 0) is 25.1 Å². The minimum Gasteiger partial charge on any atom is -0.397 e. The zero-order chi connectivity index (χ0) is 13.8. The summed E-state index contributed by atoms with van der Waals surface area (Å²) >= 11 is 5.95. The summed E-state index contributed by atoms with van der Waals surface area (Å²) in [5.41, 5.74) is 7.09. The van der Waals surface area contributed by atoms with Crippen LogP contribution in [0.1, 0.15) is 17.3 Å². The SMILES string of the molecule is CCN(C(=O)c1cc(N)cnc1Cl)c1ccncc1. The van der Waals surface area contributed by atoms with Crippen LogP contribution >= 0.6 is 11.6 Å². The van der Waals surface area contributed by atoms with E-state index in [1.807, 2.05) is 6.92 Å². The summed E-state index contributed by atoms with van der Waals surface area (Å²) in [5, 5.41) is 0.145. The van der Waals surface area contributed by atoms with E-state index < -0.39 is 0 Å². The third kappa shape index (κ3) is 2.82. The van der Waals surface area contributed by atoms with Gasteiger partial charge in [-0.1, -0.05) is 11.6 Å². The lowest BCUT2D eigenvalue weighted by atomic mass is 10.2. The number of hydrogen-bond acceptors (Lipinski definition) is 4. The van der Waals surface area contributed by atoms with Crippen LogP contribution in [0.2, 0.25) is 5.15 Å². The molecule has 2 heterocycles. The van der Waals surface area contributed by atoms with E-state index in [0.29, 0.717) is 17.8 Å². The molecule has 0 spiro atoms. The molecule has 0 aliphatic heterocycles. The van der Waals surface area contributed by atoms with Crippen LogP contribution in [0, 0.1) is 0 Å². The van der Waals surface area contributed by atoms with Crippen LogP contribution in [0.3, 0.4) is 0 Å². The van der Waals surface area contributed by atoms with Crippen LogP contribution < -0.4 is 10.6 Å². The maximum Gasteiger partial charge on any atom is 0.261 e. The number of aromatic nitrogens is 2. The molecule has 6 heteroatoms. The van der Waals surface area contributed by atoms with Crippen molar-refractivity contribution in [2.45, 2.75) is 6.92 Å². The molecule has 0 aliphatic carbocycles. The van der Waals surface area contributed by atoms with Gasteiger partial charge in [0.2, 0.25) is 0 Å². The second-order valence-corrected chi connectivity index (χ2v) is 4.22. The lowest BCUT2D eigenvalue weighted by molar-refractivity contribution is 0.0988. The van der Waals surface area contributed by atoms with Gasteiger partial charge in [-0.3, -0.25) is 9.78 Å². The first-order chi connectivity index (χ1) is 9.13. The molecule has 2 aromatic heterocycles. The predicted molar refractivity (Wildman–Crippen MR) is 75.2 cm³/mol. The van der Waals surface area contributed by atoms with Crippen molar-refractivity contribution in [1.29, 1.82) is 0 Å². The van der Waals surface area contributed by atoms with Gasteiger partial charge in [0.15, 0.2) is 0 Å². The number of halogens is 1. The van der Waals surface area contributed by atoms with E-state index in [0.717, 1.165) is 5.69 Å². The first-order valence-corrected chi connectivity index (χ1v) is 6.14. The molecular formula is C13H13ClN4O. The zero-order valence-corrected chi connectivity index (χ0v) is 11.1. The van der Waals surface area contributed by atoms with E-state index in [-0.39, 0.29) is 11.1 Å². The van der Waals surface area contributed by atoms with Gasteiger partial charge < -0.3 is 10.6 Å². The first-order valence-electron chi connectivity index (χ1n) is 5.76. The summed E-state index contributed by atoms with van der Waals surface area (Å²) < 4.78 is 0. The number of nitrogens with two attached hydrogens (primary N) is 1. The lowest BCUT2D eigenvalue weighted by Gasteiger charge is -2.21. The number of amides is 1. The summed E-state index contributed by atoms with van der Waals surface area (Å²) in [4.78, 5) is 21.9. The van der Waals surface area contributed by atoms with Gasteiger partial charge in [0.25, 0.3) is 5.91 Å². The van der Waals surface area contributed by atoms with Crippen LogP contribution in [-0.4, -0.2) is 22.4 Å². The fraction of sp³-hybridized carbons (Fsp3) is 0.154. The predicted octanol–water partition coefficient (Wildman–Crippen LogP) is 2.38. The maximum absolute atomic E-state index is 12.5. The number of hydrogen-bond donors (Lipinski definition) is 1. The number of anilines is 2. The van der Waals surface area contributed by atoms with E-state index in [4.69, 9.17) is 17.3 Å². The Balaban J connectivity index is 2.39. The van der Waals surface area contributed by atoms with Gasteiger partial charge >= 0.3 is 0 Å². The highest BCUT2D eigenvalue weighted by Gasteiger charge is 2.19. The average molecular weight is 277 g/mol. The Kier molecular flexibility index (Phi) is 3.97. The lowest BCUT2D eigenvalue weighted by Crippen LogP contribution is -2.31. The van der Waals surface area contributed by atoms with Crippen molar-refractivity contribution in [2.24, 2.45) is 0 Å². The van der Waals surface area contributed by atoms with Crippen molar-refractivity contribution < 1.29 is 4.79 Å². The Morgan fingerprint density at radius 2 is 2.11 bits per heavy atom. The molecule has 2 rings (SSSR count). The normalized spacial score (nSPS) is 10.2. The van der Waals surface area contributed by atoms with Crippen molar-refractivity contribution in [2.75, 3.05) is 17.2 Å². The molecule has 0 aromatic carbocycles. The molecule has 0 bridgehead atoms. The van der Waals surface area contributed by atoms with Crippen molar-refractivity contribution in [1.82, 2.24) is 9.97 Å². The van der Waals surface area contributed by atoms with Crippen LogP contribution in [-0.2, 0) is 0 Å². The van der Waals surface area contributed by atoms with Crippen LogP contribution in [0.4, 0.5) is 11.4 Å². The Hall–Kier alpha value is -2.14.